The first-order chi connectivity index (χ1) is 15.0. The van der Waals surface area contributed by atoms with Crippen molar-refractivity contribution in [3.63, 3.8) is 0 Å². The van der Waals surface area contributed by atoms with Gasteiger partial charge in [0, 0.05) is 19.6 Å². The van der Waals surface area contributed by atoms with Gasteiger partial charge in [-0.3, -0.25) is 9.48 Å². The molecule has 1 aromatic heterocycles. The Kier molecular flexibility index (Phi) is 6.26. The third-order valence-corrected chi connectivity index (χ3v) is 5.67. The molecule has 6 nitrogen and oxygen atoms in total. The lowest BCUT2D eigenvalue weighted by Crippen LogP contribution is -2.39. The van der Waals surface area contributed by atoms with E-state index < -0.39 is 0 Å². The first-order valence-corrected chi connectivity index (χ1v) is 10.8. The molecule has 1 aliphatic rings. The topological polar surface area (TPSA) is 56.6 Å². The molecule has 3 aromatic rings. The largest absolute Gasteiger partial charge is 0.486 e. The number of ether oxygens (including phenoxy) is 2. The van der Waals surface area contributed by atoms with Gasteiger partial charge in [0.2, 0.25) is 0 Å². The average Bonchev–Trinajstić information content (AvgIpc) is 3.13. The van der Waals surface area contributed by atoms with Crippen LogP contribution < -0.4 is 9.47 Å². The number of carbonyl (C=O) groups is 1. The van der Waals surface area contributed by atoms with Crippen molar-refractivity contribution in [2.24, 2.45) is 7.05 Å². The van der Waals surface area contributed by atoms with E-state index in [9.17, 15) is 4.79 Å². The van der Waals surface area contributed by atoms with Crippen LogP contribution in [0.2, 0.25) is 0 Å². The fourth-order valence-electron chi connectivity index (χ4n) is 3.94. The molecule has 0 saturated carbocycles. The SMILES string of the molecule is Cc1cc(C(=O)N(Cc2ccc3c(c2)OCCO3)[C@H](C)CCc2ccccc2)n(C)n1. The zero-order valence-electron chi connectivity index (χ0n) is 18.4. The Morgan fingerprint density at radius 1 is 1.06 bits per heavy atom. The van der Waals surface area contributed by atoms with Gasteiger partial charge >= 0.3 is 0 Å². The lowest BCUT2D eigenvalue weighted by atomic mass is 10.0. The quantitative estimate of drug-likeness (QED) is 0.577. The minimum Gasteiger partial charge on any atom is -0.486 e. The standard InChI is InChI=1S/C25H29N3O3/c1-18-15-22(27(3)26-18)25(29)28(19(2)9-10-20-7-5-4-6-8-20)17-21-11-12-23-24(16-21)31-14-13-30-23/h4-8,11-12,15-16,19H,9-10,13-14,17H2,1-3H3/t19-/m1/s1. The van der Waals surface area contributed by atoms with Gasteiger partial charge < -0.3 is 14.4 Å². The van der Waals surface area contributed by atoms with Crippen LogP contribution in [-0.4, -0.2) is 39.8 Å². The molecular weight excluding hydrogens is 390 g/mol. The van der Waals surface area contributed by atoms with Crippen molar-refractivity contribution in [2.75, 3.05) is 13.2 Å². The second kappa shape index (κ2) is 9.25. The van der Waals surface area contributed by atoms with Crippen LogP contribution in [0.4, 0.5) is 0 Å². The van der Waals surface area contributed by atoms with E-state index in [4.69, 9.17) is 9.47 Å². The summed E-state index contributed by atoms with van der Waals surface area (Å²) in [5.74, 6) is 1.48. The number of hydrogen-bond donors (Lipinski definition) is 0. The van der Waals surface area contributed by atoms with Crippen LogP contribution in [0.3, 0.4) is 0 Å². The highest BCUT2D eigenvalue weighted by molar-refractivity contribution is 5.93. The fraction of sp³-hybridized carbons (Fsp3) is 0.360. The highest BCUT2D eigenvalue weighted by Gasteiger charge is 2.25. The Balaban J connectivity index is 1.57. The summed E-state index contributed by atoms with van der Waals surface area (Å²) in [5.41, 5.74) is 3.73. The molecule has 0 aliphatic carbocycles. The Morgan fingerprint density at radius 2 is 1.81 bits per heavy atom. The van der Waals surface area contributed by atoms with Gasteiger partial charge in [0.1, 0.15) is 18.9 Å². The van der Waals surface area contributed by atoms with Gasteiger partial charge in [0.05, 0.1) is 5.69 Å². The zero-order chi connectivity index (χ0) is 21.8. The molecule has 1 amide bonds. The minimum absolute atomic E-state index is 0.0152. The minimum atomic E-state index is -0.0152. The monoisotopic (exact) mass is 419 g/mol. The van der Waals surface area contributed by atoms with E-state index in [2.05, 4.69) is 36.3 Å². The number of aromatic nitrogens is 2. The molecule has 1 atom stereocenters. The third kappa shape index (κ3) is 4.90. The molecule has 0 fully saturated rings. The molecule has 0 spiro atoms. The van der Waals surface area contributed by atoms with Gasteiger partial charge in [0.15, 0.2) is 11.5 Å². The molecule has 0 bridgehead atoms. The Hall–Kier alpha value is -3.28. The van der Waals surface area contributed by atoms with Crippen LogP contribution in [0, 0.1) is 6.92 Å². The molecule has 2 heterocycles. The molecule has 1 aliphatic heterocycles. The highest BCUT2D eigenvalue weighted by Crippen LogP contribution is 2.31. The maximum atomic E-state index is 13.5. The van der Waals surface area contributed by atoms with Crippen molar-refractivity contribution in [1.29, 1.82) is 0 Å². The maximum absolute atomic E-state index is 13.5. The van der Waals surface area contributed by atoms with Crippen molar-refractivity contribution in [3.05, 3.63) is 77.1 Å². The predicted octanol–water partition coefficient (Wildman–Crippen LogP) is 4.16. The molecule has 4 rings (SSSR count). The van der Waals surface area contributed by atoms with Crippen molar-refractivity contribution < 1.29 is 14.3 Å². The van der Waals surface area contributed by atoms with Crippen LogP contribution in [0.1, 0.15) is 40.7 Å². The third-order valence-electron chi connectivity index (χ3n) is 5.67. The van der Waals surface area contributed by atoms with Gasteiger partial charge in [-0.05, 0) is 56.0 Å². The van der Waals surface area contributed by atoms with Crippen molar-refractivity contribution in [3.8, 4) is 11.5 Å². The lowest BCUT2D eigenvalue weighted by molar-refractivity contribution is 0.0655. The van der Waals surface area contributed by atoms with E-state index in [1.165, 1.54) is 5.56 Å². The number of fused-ring (bicyclic) bond motifs is 1. The number of carbonyl (C=O) groups excluding carboxylic acids is 1. The van der Waals surface area contributed by atoms with E-state index in [1.807, 2.05) is 49.2 Å². The molecule has 2 aromatic carbocycles. The number of rotatable bonds is 7. The average molecular weight is 420 g/mol. The number of aryl methyl sites for hydroxylation is 3. The Labute approximate surface area is 183 Å². The molecule has 0 N–H and O–H groups in total. The van der Waals surface area contributed by atoms with E-state index in [-0.39, 0.29) is 11.9 Å². The van der Waals surface area contributed by atoms with Crippen molar-refractivity contribution >= 4 is 5.91 Å². The summed E-state index contributed by atoms with van der Waals surface area (Å²) >= 11 is 0. The Bertz CT molecular complexity index is 1050. The summed E-state index contributed by atoms with van der Waals surface area (Å²) in [4.78, 5) is 15.5. The zero-order valence-corrected chi connectivity index (χ0v) is 18.4. The maximum Gasteiger partial charge on any atom is 0.272 e. The first kappa shape index (κ1) is 21.0. The normalized spacial score (nSPS) is 13.6. The van der Waals surface area contributed by atoms with Gasteiger partial charge in [0.25, 0.3) is 5.91 Å². The van der Waals surface area contributed by atoms with Crippen LogP contribution in [0.15, 0.2) is 54.6 Å². The summed E-state index contributed by atoms with van der Waals surface area (Å²) in [5, 5.41) is 4.36. The van der Waals surface area contributed by atoms with Gasteiger partial charge in [-0.25, -0.2) is 0 Å². The molecule has 6 heteroatoms. The van der Waals surface area contributed by atoms with Crippen LogP contribution in [0.5, 0.6) is 11.5 Å². The molecular formula is C25H29N3O3. The van der Waals surface area contributed by atoms with E-state index in [0.717, 1.165) is 35.6 Å². The summed E-state index contributed by atoms with van der Waals surface area (Å²) in [6.07, 6.45) is 1.79. The van der Waals surface area contributed by atoms with E-state index >= 15 is 0 Å². The van der Waals surface area contributed by atoms with Gasteiger partial charge in [-0.2, -0.15) is 5.10 Å². The van der Waals surface area contributed by atoms with E-state index in [1.54, 1.807) is 4.68 Å². The second-order valence-corrected chi connectivity index (χ2v) is 8.08. The van der Waals surface area contributed by atoms with Crippen molar-refractivity contribution in [1.82, 2.24) is 14.7 Å². The first-order valence-electron chi connectivity index (χ1n) is 10.8. The molecule has 162 valence electrons. The molecule has 0 saturated heterocycles. The number of nitrogens with zero attached hydrogens (tertiary/aromatic N) is 3. The van der Waals surface area contributed by atoms with E-state index in [0.29, 0.717) is 25.5 Å². The van der Waals surface area contributed by atoms with Crippen molar-refractivity contribution in [2.45, 2.75) is 39.3 Å². The predicted molar refractivity (Wildman–Crippen MR) is 119 cm³/mol. The van der Waals surface area contributed by atoms with Crippen LogP contribution >= 0.6 is 0 Å². The summed E-state index contributed by atoms with van der Waals surface area (Å²) in [7, 11) is 1.82. The number of benzene rings is 2. The molecule has 0 radical (unpaired) electrons. The summed E-state index contributed by atoms with van der Waals surface area (Å²) < 4.78 is 13.0. The van der Waals surface area contributed by atoms with Crippen LogP contribution in [-0.2, 0) is 20.0 Å². The van der Waals surface area contributed by atoms with Crippen LogP contribution in [0.25, 0.3) is 0 Å². The highest BCUT2D eigenvalue weighted by atomic mass is 16.6. The number of amides is 1. The molecule has 31 heavy (non-hydrogen) atoms. The van der Waals surface area contributed by atoms with Gasteiger partial charge in [-0.15, -0.1) is 0 Å². The molecule has 0 unspecified atom stereocenters. The summed E-state index contributed by atoms with van der Waals surface area (Å²) in [6, 6.07) is 18.2. The summed E-state index contributed by atoms with van der Waals surface area (Å²) in [6.45, 7) is 5.62. The Morgan fingerprint density at radius 3 is 2.52 bits per heavy atom. The fourth-order valence-corrected chi connectivity index (χ4v) is 3.94. The second-order valence-electron chi connectivity index (χ2n) is 8.08. The smallest absolute Gasteiger partial charge is 0.272 e. The van der Waals surface area contributed by atoms with Gasteiger partial charge in [-0.1, -0.05) is 36.4 Å². The number of hydrogen-bond acceptors (Lipinski definition) is 4. The lowest BCUT2D eigenvalue weighted by Gasteiger charge is -2.30.